The number of nitrogens with one attached hydrogen (secondary N) is 2. The second-order valence-electron chi connectivity index (χ2n) is 6.94. The second kappa shape index (κ2) is 8.07. The van der Waals surface area contributed by atoms with Crippen LogP contribution in [-0.2, 0) is 6.42 Å². The molecule has 5 heteroatoms. The smallest absolute Gasteiger partial charge is 0.260 e. The molecule has 0 spiro atoms. The minimum atomic E-state index is -0.161. The Morgan fingerprint density at radius 2 is 1.96 bits per heavy atom. The second-order valence-corrected chi connectivity index (χ2v) is 7.35. The Balaban J connectivity index is 1.38. The number of fused-ring (bicyclic) bond motifs is 1. The molecule has 0 radical (unpaired) electrons. The lowest BCUT2D eigenvalue weighted by molar-refractivity contribution is 0.483. The van der Waals surface area contributed by atoms with Crippen LogP contribution in [0.3, 0.4) is 0 Å². The minimum Gasteiger partial charge on any atom is -0.310 e. The van der Waals surface area contributed by atoms with Crippen LogP contribution in [0.25, 0.3) is 16.5 Å². The molecule has 0 amide bonds. The van der Waals surface area contributed by atoms with E-state index in [2.05, 4.69) is 45.6 Å². The van der Waals surface area contributed by atoms with Gasteiger partial charge in [0.15, 0.2) is 0 Å². The van der Waals surface area contributed by atoms with Crippen molar-refractivity contribution in [1.82, 2.24) is 15.3 Å². The van der Waals surface area contributed by atoms with Gasteiger partial charge in [0.25, 0.3) is 5.56 Å². The van der Waals surface area contributed by atoms with Crippen LogP contribution < -0.4 is 10.9 Å². The number of H-pyrrole nitrogens is 1. The molecule has 4 rings (SSSR count). The van der Waals surface area contributed by atoms with Crippen LogP contribution in [0, 0.1) is 0 Å². The highest BCUT2D eigenvalue weighted by Crippen LogP contribution is 2.24. The van der Waals surface area contributed by atoms with E-state index in [0.29, 0.717) is 22.0 Å². The number of rotatable bonds is 5. The van der Waals surface area contributed by atoms with E-state index in [0.717, 1.165) is 38.1 Å². The van der Waals surface area contributed by atoms with Crippen molar-refractivity contribution in [2.75, 3.05) is 6.54 Å². The molecule has 0 bridgehead atoms. The number of aryl methyl sites for hydroxylation is 1. The van der Waals surface area contributed by atoms with Crippen molar-refractivity contribution in [2.45, 2.75) is 31.7 Å². The maximum atomic E-state index is 12.3. The maximum Gasteiger partial charge on any atom is 0.260 e. The molecule has 1 aromatic heterocycles. The minimum absolute atomic E-state index is 0.161. The van der Waals surface area contributed by atoms with Crippen LogP contribution in [0.2, 0.25) is 5.02 Å². The Hall–Kier alpha value is -2.43. The van der Waals surface area contributed by atoms with Gasteiger partial charge in [0.05, 0.1) is 15.9 Å². The molecule has 3 aromatic rings. The number of aromatic nitrogens is 2. The largest absolute Gasteiger partial charge is 0.310 e. The Labute approximate surface area is 163 Å². The van der Waals surface area contributed by atoms with Crippen LogP contribution in [-0.4, -0.2) is 22.6 Å². The van der Waals surface area contributed by atoms with Gasteiger partial charge < -0.3 is 10.3 Å². The lowest BCUT2D eigenvalue weighted by Gasteiger charge is -2.24. The molecule has 0 aliphatic carbocycles. The molecule has 2 heterocycles. The van der Waals surface area contributed by atoms with Crippen molar-refractivity contribution >= 4 is 28.1 Å². The summed E-state index contributed by atoms with van der Waals surface area (Å²) >= 11 is 6.11. The highest BCUT2D eigenvalue weighted by atomic mass is 35.5. The molecule has 0 fully saturated rings. The zero-order valence-electron chi connectivity index (χ0n) is 15.0. The van der Waals surface area contributed by atoms with Gasteiger partial charge in [-0.25, -0.2) is 4.98 Å². The van der Waals surface area contributed by atoms with Crippen LogP contribution in [0.5, 0.6) is 0 Å². The van der Waals surface area contributed by atoms with Gasteiger partial charge in [-0.05, 0) is 42.5 Å². The molecule has 1 atom stereocenters. The van der Waals surface area contributed by atoms with Gasteiger partial charge in [-0.15, -0.1) is 0 Å². The average molecular weight is 380 g/mol. The summed E-state index contributed by atoms with van der Waals surface area (Å²) in [6.45, 7) is 0.901. The molecule has 0 saturated heterocycles. The molecule has 4 nitrogen and oxygen atoms in total. The molecule has 2 aromatic carbocycles. The van der Waals surface area contributed by atoms with Crippen molar-refractivity contribution in [1.29, 1.82) is 0 Å². The first-order valence-corrected chi connectivity index (χ1v) is 9.74. The van der Waals surface area contributed by atoms with E-state index < -0.39 is 0 Å². The van der Waals surface area contributed by atoms with Gasteiger partial charge in [0, 0.05) is 19.0 Å². The number of halogens is 1. The highest BCUT2D eigenvalue weighted by molar-refractivity contribution is 6.35. The highest BCUT2D eigenvalue weighted by Gasteiger charge is 2.16. The first kappa shape index (κ1) is 18.0. The van der Waals surface area contributed by atoms with Crippen molar-refractivity contribution in [3.05, 3.63) is 81.4 Å². The standard InChI is InChI=1S/C22H22ClN3O/c23-18-9-5-10-19-21(18)22(27)26-20(25-19)11-4-8-17-14-16(12-13-24-17)15-6-2-1-3-7-15/h1-3,5-7,9-10,12,17,24H,4,8,11,13-14H2,(H,25,26,27). The summed E-state index contributed by atoms with van der Waals surface area (Å²) < 4.78 is 0. The number of benzene rings is 2. The number of nitrogens with zero attached hydrogens (tertiary/aromatic N) is 1. The van der Waals surface area contributed by atoms with E-state index in [1.807, 2.05) is 18.2 Å². The fourth-order valence-electron chi connectivity index (χ4n) is 3.69. The van der Waals surface area contributed by atoms with Crippen LogP contribution in [0.4, 0.5) is 0 Å². The predicted octanol–water partition coefficient (Wildman–Crippen LogP) is 4.34. The normalized spacial score (nSPS) is 17.1. The van der Waals surface area contributed by atoms with Gasteiger partial charge in [-0.1, -0.05) is 54.1 Å². The third-order valence-electron chi connectivity index (χ3n) is 5.06. The third kappa shape index (κ3) is 4.12. The quantitative estimate of drug-likeness (QED) is 0.693. The lowest BCUT2D eigenvalue weighted by atomic mass is 9.93. The van der Waals surface area contributed by atoms with Crippen molar-refractivity contribution in [3.8, 4) is 0 Å². The van der Waals surface area contributed by atoms with Gasteiger partial charge >= 0.3 is 0 Å². The van der Waals surface area contributed by atoms with E-state index in [9.17, 15) is 4.79 Å². The first-order chi connectivity index (χ1) is 13.2. The van der Waals surface area contributed by atoms with E-state index in [4.69, 9.17) is 11.6 Å². The molecule has 27 heavy (non-hydrogen) atoms. The zero-order valence-corrected chi connectivity index (χ0v) is 15.8. The molecular weight excluding hydrogens is 358 g/mol. The Morgan fingerprint density at radius 1 is 1.11 bits per heavy atom. The molecule has 1 aliphatic rings. The predicted molar refractivity (Wildman–Crippen MR) is 111 cm³/mol. The van der Waals surface area contributed by atoms with Gasteiger partial charge in [-0.3, -0.25) is 4.79 Å². The fraction of sp³-hybridized carbons (Fsp3) is 0.273. The molecule has 1 aliphatic heterocycles. The molecule has 2 N–H and O–H groups in total. The van der Waals surface area contributed by atoms with Gasteiger partial charge in [0.1, 0.15) is 5.82 Å². The molecule has 1 unspecified atom stereocenters. The molecule has 138 valence electrons. The topological polar surface area (TPSA) is 57.8 Å². The summed E-state index contributed by atoms with van der Waals surface area (Å²) in [6, 6.07) is 16.4. The summed E-state index contributed by atoms with van der Waals surface area (Å²) in [5.41, 5.74) is 3.21. The Bertz CT molecular complexity index is 1030. The molecule has 0 saturated carbocycles. The number of hydrogen-bond donors (Lipinski definition) is 2. The van der Waals surface area contributed by atoms with Crippen molar-refractivity contribution in [2.24, 2.45) is 0 Å². The summed E-state index contributed by atoms with van der Waals surface area (Å²) in [6.07, 6.45) is 6.07. The lowest BCUT2D eigenvalue weighted by Crippen LogP contribution is -2.33. The SMILES string of the molecule is O=c1[nH]c(CCCC2CC(c3ccccc3)=CCN2)nc2cccc(Cl)c12. The van der Waals surface area contributed by atoms with Crippen molar-refractivity contribution < 1.29 is 0 Å². The summed E-state index contributed by atoms with van der Waals surface area (Å²) in [4.78, 5) is 19.7. The maximum absolute atomic E-state index is 12.3. The summed E-state index contributed by atoms with van der Waals surface area (Å²) in [5.74, 6) is 0.726. The van der Waals surface area contributed by atoms with Crippen molar-refractivity contribution in [3.63, 3.8) is 0 Å². The Morgan fingerprint density at radius 3 is 2.81 bits per heavy atom. The van der Waals surface area contributed by atoms with E-state index in [1.54, 1.807) is 6.07 Å². The van der Waals surface area contributed by atoms with Gasteiger partial charge in [0.2, 0.25) is 0 Å². The number of hydrogen-bond acceptors (Lipinski definition) is 3. The summed E-state index contributed by atoms with van der Waals surface area (Å²) in [5, 5.41) is 4.48. The third-order valence-corrected chi connectivity index (χ3v) is 5.38. The average Bonchev–Trinajstić information content (AvgIpc) is 2.69. The molecular formula is C22H22ClN3O. The van der Waals surface area contributed by atoms with E-state index in [1.165, 1.54) is 11.1 Å². The Kier molecular flexibility index (Phi) is 5.37. The van der Waals surface area contributed by atoms with E-state index >= 15 is 0 Å². The number of aromatic amines is 1. The first-order valence-electron chi connectivity index (χ1n) is 9.36. The van der Waals surface area contributed by atoms with Gasteiger partial charge in [-0.2, -0.15) is 0 Å². The summed E-state index contributed by atoms with van der Waals surface area (Å²) in [7, 11) is 0. The van der Waals surface area contributed by atoms with Crippen LogP contribution >= 0.6 is 11.6 Å². The van der Waals surface area contributed by atoms with Crippen LogP contribution in [0.15, 0.2) is 59.4 Å². The van der Waals surface area contributed by atoms with E-state index in [-0.39, 0.29) is 5.56 Å². The zero-order chi connectivity index (χ0) is 18.6. The fourth-order valence-corrected chi connectivity index (χ4v) is 3.95. The monoisotopic (exact) mass is 379 g/mol. The van der Waals surface area contributed by atoms with Crippen LogP contribution in [0.1, 0.15) is 30.7 Å².